The van der Waals surface area contributed by atoms with Gasteiger partial charge in [-0.1, -0.05) is 65.7 Å². The van der Waals surface area contributed by atoms with Crippen LogP contribution in [0.15, 0.2) is 158 Å². The van der Waals surface area contributed by atoms with Gasteiger partial charge in [-0.3, -0.25) is 9.36 Å². The van der Waals surface area contributed by atoms with Crippen molar-refractivity contribution in [2.75, 3.05) is 100 Å². The minimum absolute atomic E-state index is 0.0637. The maximum absolute atomic E-state index is 12.6. The Morgan fingerprint density at radius 2 is 1.01 bits per heavy atom. The maximum atomic E-state index is 12.6. The Kier molecular flexibility index (Phi) is 19.8. The van der Waals surface area contributed by atoms with Gasteiger partial charge < -0.3 is 64.5 Å². The van der Waals surface area contributed by atoms with E-state index in [2.05, 4.69) is 56.8 Å². The zero-order chi connectivity index (χ0) is 62.9. The van der Waals surface area contributed by atoms with E-state index in [1.807, 2.05) is 120 Å². The number of amides is 1. The number of nitrogens with one attached hydrogen (secondary N) is 6. The lowest BCUT2D eigenvalue weighted by molar-refractivity contribution is -0.115. The number of halogens is 2. The first-order valence-corrected chi connectivity index (χ1v) is 35.6. The lowest BCUT2D eigenvalue weighted by atomic mass is 10.1. The molecule has 0 unspecified atom stereocenters. The fourth-order valence-corrected chi connectivity index (χ4v) is 12.1. The predicted molar refractivity (Wildman–Crippen MR) is 357 cm³/mol. The van der Waals surface area contributed by atoms with Crippen molar-refractivity contribution >= 4 is 141 Å². The van der Waals surface area contributed by atoms with Gasteiger partial charge in [0.15, 0.2) is 11.6 Å². The number of ether oxygens (including phenoxy) is 4. The van der Waals surface area contributed by atoms with Crippen LogP contribution in [0.2, 0.25) is 10.0 Å². The number of fused-ring (bicyclic) bond motifs is 2. The van der Waals surface area contributed by atoms with Gasteiger partial charge >= 0.3 is 0 Å². The summed E-state index contributed by atoms with van der Waals surface area (Å²) in [6.45, 7) is 10.3. The molecular formula is C62H64Cl2N13O8P3. The lowest BCUT2D eigenvalue weighted by Gasteiger charge is -2.16. The highest BCUT2D eigenvalue weighted by Crippen LogP contribution is 2.42. The molecule has 0 aliphatic carbocycles. The minimum atomic E-state index is -2.51. The van der Waals surface area contributed by atoms with Gasteiger partial charge in [0.25, 0.3) is 0 Å². The maximum Gasteiger partial charge on any atom is 0.229 e. The van der Waals surface area contributed by atoms with E-state index < -0.39 is 21.4 Å². The van der Waals surface area contributed by atoms with Gasteiger partial charge in [-0.2, -0.15) is 15.0 Å². The molecule has 5 heterocycles. The number of aromatic nitrogens is 7. The third kappa shape index (κ3) is 15.6. The highest BCUT2D eigenvalue weighted by molar-refractivity contribution is 7.71. The molecule has 454 valence electrons. The van der Waals surface area contributed by atoms with Gasteiger partial charge in [0, 0.05) is 51.1 Å². The Balaban J connectivity index is 0.000000158. The molecule has 88 heavy (non-hydrogen) atoms. The normalized spacial score (nSPS) is 11.8. The second-order valence-corrected chi connectivity index (χ2v) is 31.3. The number of methoxy groups -OCH3 is 4. The first-order valence-electron chi connectivity index (χ1n) is 27.1. The Bertz CT molecular complexity index is 4350. The van der Waals surface area contributed by atoms with Crippen molar-refractivity contribution in [3.63, 3.8) is 0 Å². The van der Waals surface area contributed by atoms with E-state index in [-0.39, 0.29) is 11.9 Å². The van der Waals surface area contributed by atoms with Crippen molar-refractivity contribution in [3.05, 3.63) is 174 Å². The standard InChI is InChI=1S/C22H23N4O3P.C21H21ClN5O3P.C19H20ClN4O2P/c1-28-19-8-6-5-7-18(19)26-12-11-15-14-23-22(25-21(15)26)24-17-10-9-16(30(3,4)27)13-20(17)29-2;1-30-17-10-15-12(9-19(28)24-15)8-16(17)26-21-23-11-13(22)20(27-21)25-14-6-4-5-7-18(14)31(2,3)29;1-26-17-11-14(27(2,3)25)9-10-16(17)23-19-21-12-15(20)18(24-19)22-13-7-5-4-6-8-13/h5-14H,1-4H3,(H,23,24,25);4-8,10-11H,9H2,1-3H3,(H,24,28)(H2,23,25,26,27);4-12H,1-3H3,(H2,21,22,23,24). The molecule has 26 heteroatoms. The molecule has 0 bridgehead atoms. The summed E-state index contributed by atoms with van der Waals surface area (Å²) in [7, 11) is -0.946. The largest absolute Gasteiger partial charge is 0.495 e. The predicted octanol–water partition coefficient (Wildman–Crippen LogP) is 13.7. The SMILES string of the molecule is COc1cc(P(C)(C)=O)ccc1Nc1ncc(Cl)c(Nc2ccccc2)n1.COc1cc(P(C)(C)=O)ccc1Nc1ncc2ccn(-c3ccccc3OC)c2n1.COc1cc2c(cc1Nc1ncc(Cl)c(Nc3ccccc3P(C)(C)=O)n1)CC(=O)N2. The summed E-state index contributed by atoms with van der Waals surface area (Å²) in [6, 6.07) is 41.1. The van der Waals surface area contributed by atoms with Crippen molar-refractivity contribution in [1.29, 1.82) is 0 Å². The molecule has 1 aliphatic rings. The fraction of sp³-hybridized carbons (Fsp3) is 0.177. The molecule has 21 nitrogen and oxygen atoms in total. The van der Waals surface area contributed by atoms with Crippen LogP contribution in [-0.2, 0) is 24.9 Å². The number of benzene rings is 6. The fourth-order valence-electron chi connectivity index (χ4n) is 8.99. The highest BCUT2D eigenvalue weighted by Gasteiger charge is 2.23. The van der Waals surface area contributed by atoms with Crippen molar-refractivity contribution in [3.8, 4) is 28.7 Å². The van der Waals surface area contributed by atoms with Crippen molar-refractivity contribution in [1.82, 2.24) is 34.5 Å². The zero-order valence-electron chi connectivity index (χ0n) is 49.7. The van der Waals surface area contributed by atoms with E-state index in [9.17, 15) is 18.5 Å². The highest BCUT2D eigenvalue weighted by atomic mass is 35.5. The van der Waals surface area contributed by atoms with Gasteiger partial charge in [0.05, 0.1) is 75.7 Å². The number of rotatable bonds is 18. The first kappa shape index (κ1) is 63.5. The lowest BCUT2D eigenvalue weighted by Crippen LogP contribution is -2.11. The van der Waals surface area contributed by atoms with Crippen LogP contribution in [0.4, 0.5) is 63.6 Å². The molecule has 0 spiro atoms. The Morgan fingerprint density at radius 1 is 0.500 bits per heavy atom. The van der Waals surface area contributed by atoms with Crippen LogP contribution in [0, 0.1) is 0 Å². The van der Waals surface area contributed by atoms with Crippen LogP contribution in [-0.4, -0.2) is 109 Å². The van der Waals surface area contributed by atoms with E-state index in [0.717, 1.165) is 50.0 Å². The molecule has 0 fully saturated rings. The Morgan fingerprint density at radius 3 is 1.59 bits per heavy atom. The van der Waals surface area contributed by atoms with Gasteiger partial charge in [-0.25, -0.2) is 15.0 Å². The molecule has 4 aromatic heterocycles. The number of para-hydroxylation sites is 4. The van der Waals surface area contributed by atoms with E-state index in [1.165, 1.54) is 12.4 Å². The second kappa shape index (κ2) is 27.4. The molecule has 6 aromatic carbocycles. The quantitative estimate of drug-likeness (QED) is 0.0436. The summed E-state index contributed by atoms with van der Waals surface area (Å²) in [6.07, 6.45) is 7.01. The number of nitrogens with zero attached hydrogens (tertiary/aromatic N) is 7. The molecule has 11 rings (SSSR count). The van der Waals surface area contributed by atoms with Gasteiger partial charge in [0.2, 0.25) is 23.8 Å². The molecule has 0 saturated heterocycles. The van der Waals surface area contributed by atoms with Gasteiger partial charge in [0.1, 0.15) is 60.1 Å². The summed E-state index contributed by atoms with van der Waals surface area (Å²) >= 11 is 12.5. The average Bonchev–Trinajstić information content (AvgIpc) is 3.53. The zero-order valence-corrected chi connectivity index (χ0v) is 53.9. The molecule has 6 N–H and O–H groups in total. The second-order valence-electron chi connectivity index (χ2n) is 20.9. The third-order valence-corrected chi connectivity index (χ3v) is 18.6. The van der Waals surface area contributed by atoms with Crippen LogP contribution in [0.5, 0.6) is 23.0 Å². The summed E-state index contributed by atoms with van der Waals surface area (Å²) in [5.74, 6) is 4.32. The number of carbonyl (C=O) groups excluding carboxylic acids is 1. The minimum Gasteiger partial charge on any atom is -0.495 e. The van der Waals surface area contributed by atoms with Gasteiger partial charge in [-0.15, -0.1) is 0 Å². The molecule has 1 aliphatic heterocycles. The Hall–Kier alpha value is -8.96. The van der Waals surface area contributed by atoms with Crippen LogP contribution in [0.3, 0.4) is 0 Å². The van der Waals surface area contributed by atoms with Crippen molar-refractivity contribution in [2.45, 2.75) is 6.42 Å². The Labute approximate surface area is 519 Å². The summed E-state index contributed by atoms with van der Waals surface area (Å²) in [4.78, 5) is 38.2. The van der Waals surface area contributed by atoms with Crippen molar-refractivity contribution < 1.29 is 37.4 Å². The van der Waals surface area contributed by atoms with E-state index >= 15 is 0 Å². The van der Waals surface area contributed by atoms with Gasteiger partial charge in [-0.05, 0) is 130 Å². The van der Waals surface area contributed by atoms with Crippen LogP contribution in [0.25, 0.3) is 16.7 Å². The molecule has 1 amide bonds. The first-order chi connectivity index (χ1) is 42.0. The summed E-state index contributed by atoms with van der Waals surface area (Å²) in [5, 5.41) is 22.4. The molecule has 10 aromatic rings. The smallest absolute Gasteiger partial charge is 0.229 e. The molecule has 0 atom stereocenters. The molecule has 0 radical (unpaired) electrons. The summed E-state index contributed by atoms with van der Waals surface area (Å²) in [5.41, 5.74) is 6.76. The van der Waals surface area contributed by atoms with Crippen LogP contribution >= 0.6 is 44.6 Å². The molecule has 0 saturated carbocycles. The number of hydrogen-bond donors (Lipinski definition) is 6. The van der Waals surface area contributed by atoms with E-state index in [0.29, 0.717) is 85.3 Å². The molecular weight excluding hydrogens is 1220 g/mol. The number of carbonyl (C=O) groups is 1. The van der Waals surface area contributed by atoms with E-state index in [1.54, 1.807) is 98.9 Å². The average molecular weight is 1280 g/mol. The van der Waals surface area contributed by atoms with E-state index in [4.69, 9.17) is 47.1 Å². The number of anilines is 11. The van der Waals surface area contributed by atoms with Crippen LogP contribution < -0.4 is 66.8 Å². The number of hydrogen-bond acceptors (Lipinski definition) is 19. The topological polar surface area (TPSA) is 260 Å². The third-order valence-electron chi connectivity index (χ3n) is 13.4. The summed E-state index contributed by atoms with van der Waals surface area (Å²) < 4.78 is 61.1. The van der Waals surface area contributed by atoms with Crippen molar-refractivity contribution in [2.24, 2.45) is 0 Å². The van der Waals surface area contributed by atoms with Crippen LogP contribution in [0.1, 0.15) is 5.56 Å². The monoisotopic (exact) mass is 1280 g/mol.